The Kier molecular flexibility index (Phi) is 5.71. The zero-order valence-electron chi connectivity index (χ0n) is 17.3. The third-order valence-electron chi connectivity index (χ3n) is 5.61. The molecule has 1 aliphatic heterocycles. The molecule has 6 heteroatoms. The minimum atomic E-state index is 0.146. The zero-order chi connectivity index (χ0) is 21.0. The average molecular weight is 429 g/mol. The highest BCUT2D eigenvalue weighted by Gasteiger charge is 2.19. The summed E-state index contributed by atoms with van der Waals surface area (Å²) in [6, 6.07) is 22.3. The quantitative estimate of drug-likeness (QED) is 0.405. The molecule has 5 nitrogen and oxygen atoms in total. The van der Waals surface area contributed by atoms with Crippen molar-refractivity contribution in [2.24, 2.45) is 0 Å². The lowest BCUT2D eigenvalue weighted by Crippen LogP contribution is -2.27. The van der Waals surface area contributed by atoms with Crippen molar-refractivity contribution in [3.63, 3.8) is 0 Å². The summed E-state index contributed by atoms with van der Waals surface area (Å²) in [5, 5.41) is 0.953. The summed E-state index contributed by atoms with van der Waals surface area (Å²) in [6.45, 7) is 2.49. The Bertz CT molecular complexity index is 1180. The number of aromatic nitrogens is 3. The van der Waals surface area contributed by atoms with E-state index in [-0.39, 0.29) is 5.91 Å². The van der Waals surface area contributed by atoms with E-state index in [1.165, 1.54) is 11.1 Å². The van der Waals surface area contributed by atoms with Gasteiger partial charge in [0, 0.05) is 30.6 Å². The first-order chi connectivity index (χ1) is 15.3. The second-order valence-electron chi connectivity index (χ2n) is 7.80. The smallest absolute Gasteiger partial charge is 0.253 e. The van der Waals surface area contributed by atoms with E-state index < -0.39 is 0 Å². The van der Waals surface area contributed by atoms with Crippen LogP contribution in [0.2, 0.25) is 0 Å². The number of amides is 1. The van der Waals surface area contributed by atoms with E-state index in [4.69, 9.17) is 4.98 Å². The molecule has 0 saturated carbocycles. The fourth-order valence-electron chi connectivity index (χ4n) is 3.95. The number of likely N-dealkylation sites (tertiary alicyclic amines) is 1. The zero-order valence-corrected chi connectivity index (χ0v) is 18.1. The predicted octanol–water partition coefficient (Wildman–Crippen LogP) is 5.01. The van der Waals surface area contributed by atoms with Crippen LogP contribution in [0, 0.1) is 0 Å². The van der Waals surface area contributed by atoms with Gasteiger partial charge in [0.15, 0.2) is 10.8 Å². The molecule has 0 unspecified atom stereocenters. The highest BCUT2D eigenvalue weighted by molar-refractivity contribution is 7.98. The van der Waals surface area contributed by atoms with Crippen LogP contribution in [-0.4, -0.2) is 38.4 Å². The van der Waals surface area contributed by atoms with Gasteiger partial charge < -0.3 is 4.90 Å². The minimum Gasteiger partial charge on any atom is -0.339 e. The lowest BCUT2D eigenvalue weighted by molar-refractivity contribution is 0.0793. The van der Waals surface area contributed by atoms with E-state index in [0.29, 0.717) is 0 Å². The first-order valence-electron chi connectivity index (χ1n) is 10.6. The molecule has 156 valence electrons. The first-order valence-corrected chi connectivity index (χ1v) is 11.6. The number of nitrogens with zero attached hydrogens (tertiary/aromatic N) is 4. The molecule has 0 atom stereocenters. The van der Waals surface area contributed by atoms with E-state index in [1.807, 2.05) is 41.4 Å². The van der Waals surface area contributed by atoms with Crippen LogP contribution in [0.15, 0.2) is 78.1 Å². The van der Waals surface area contributed by atoms with Crippen molar-refractivity contribution >= 4 is 28.8 Å². The van der Waals surface area contributed by atoms with Crippen LogP contribution >= 0.6 is 11.8 Å². The molecule has 31 heavy (non-hydrogen) atoms. The monoisotopic (exact) mass is 428 g/mol. The molecule has 1 amide bonds. The van der Waals surface area contributed by atoms with Crippen molar-refractivity contribution in [1.82, 2.24) is 19.4 Å². The lowest BCUT2D eigenvalue weighted by Gasteiger charge is -2.15. The van der Waals surface area contributed by atoms with Crippen molar-refractivity contribution in [2.45, 2.75) is 30.3 Å². The summed E-state index contributed by atoms with van der Waals surface area (Å²) in [7, 11) is 0. The van der Waals surface area contributed by atoms with Crippen LogP contribution in [-0.2, 0) is 12.3 Å². The van der Waals surface area contributed by atoms with E-state index in [1.54, 1.807) is 11.8 Å². The van der Waals surface area contributed by atoms with Gasteiger partial charge in [-0.05, 0) is 48.2 Å². The Hall–Kier alpha value is -3.12. The molecule has 0 N–H and O–H groups in total. The third kappa shape index (κ3) is 4.35. The highest BCUT2D eigenvalue weighted by Crippen LogP contribution is 2.27. The molecule has 0 aliphatic carbocycles. The SMILES string of the molecule is O=C(c1ccc(CSc2nc3cccnc3n2Cc2ccccc2)cc1)N1CCCC1. The van der Waals surface area contributed by atoms with Gasteiger partial charge in [-0.1, -0.05) is 54.2 Å². The minimum absolute atomic E-state index is 0.146. The molecular formula is C25H24N4OS. The van der Waals surface area contributed by atoms with Crippen molar-refractivity contribution in [3.05, 3.63) is 89.6 Å². The Morgan fingerprint density at radius 1 is 0.903 bits per heavy atom. The molecule has 0 radical (unpaired) electrons. The Labute approximate surface area is 186 Å². The van der Waals surface area contributed by atoms with Crippen LogP contribution in [0.4, 0.5) is 0 Å². The van der Waals surface area contributed by atoms with Gasteiger partial charge in [0.2, 0.25) is 0 Å². The largest absolute Gasteiger partial charge is 0.339 e. The molecule has 1 saturated heterocycles. The number of imidazole rings is 1. The van der Waals surface area contributed by atoms with Crippen LogP contribution in [0.25, 0.3) is 11.2 Å². The van der Waals surface area contributed by atoms with Crippen molar-refractivity contribution in [3.8, 4) is 0 Å². The van der Waals surface area contributed by atoms with Gasteiger partial charge in [0.25, 0.3) is 5.91 Å². The van der Waals surface area contributed by atoms with E-state index >= 15 is 0 Å². The number of hydrogen-bond donors (Lipinski definition) is 0. The topological polar surface area (TPSA) is 51.0 Å². The molecule has 1 aliphatic rings. The van der Waals surface area contributed by atoms with Crippen molar-refractivity contribution in [1.29, 1.82) is 0 Å². The average Bonchev–Trinajstić information content (AvgIpc) is 3.47. The number of carbonyl (C=O) groups excluding carboxylic acids is 1. The van der Waals surface area contributed by atoms with E-state index in [9.17, 15) is 4.79 Å². The molecule has 3 heterocycles. The molecule has 0 spiro atoms. The van der Waals surface area contributed by atoms with Crippen molar-refractivity contribution < 1.29 is 4.79 Å². The Morgan fingerprint density at radius 3 is 2.45 bits per heavy atom. The molecular weight excluding hydrogens is 404 g/mol. The maximum atomic E-state index is 12.6. The fraction of sp³-hybridized carbons (Fsp3) is 0.240. The van der Waals surface area contributed by atoms with Gasteiger partial charge in [0.05, 0.1) is 6.54 Å². The number of fused-ring (bicyclic) bond motifs is 1. The molecule has 4 aromatic rings. The second-order valence-corrected chi connectivity index (χ2v) is 8.74. The number of benzene rings is 2. The Morgan fingerprint density at radius 2 is 1.68 bits per heavy atom. The van der Waals surface area contributed by atoms with Gasteiger partial charge >= 0.3 is 0 Å². The van der Waals surface area contributed by atoms with Gasteiger partial charge in [-0.15, -0.1) is 0 Å². The fourth-order valence-corrected chi connectivity index (χ4v) is 4.91. The van der Waals surface area contributed by atoms with Crippen molar-refractivity contribution in [2.75, 3.05) is 13.1 Å². The summed E-state index contributed by atoms with van der Waals surface area (Å²) in [6.07, 6.45) is 4.04. The summed E-state index contributed by atoms with van der Waals surface area (Å²) < 4.78 is 2.18. The summed E-state index contributed by atoms with van der Waals surface area (Å²) in [5.41, 5.74) is 4.98. The van der Waals surface area contributed by atoms with Gasteiger partial charge in [0.1, 0.15) is 5.52 Å². The van der Waals surface area contributed by atoms with Crippen LogP contribution in [0.5, 0.6) is 0 Å². The van der Waals surface area contributed by atoms with Crippen LogP contribution < -0.4 is 0 Å². The number of rotatable bonds is 6. The molecule has 1 fully saturated rings. The Balaban J connectivity index is 1.33. The first kappa shape index (κ1) is 19.8. The maximum Gasteiger partial charge on any atom is 0.253 e. The van der Waals surface area contributed by atoms with Gasteiger partial charge in [-0.2, -0.15) is 0 Å². The molecule has 2 aromatic heterocycles. The highest BCUT2D eigenvalue weighted by atomic mass is 32.2. The second kappa shape index (κ2) is 8.94. The van der Waals surface area contributed by atoms with Gasteiger partial charge in [-0.25, -0.2) is 9.97 Å². The molecule has 5 rings (SSSR count). The number of pyridine rings is 1. The lowest BCUT2D eigenvalue weighted by atomic mass is 10.1. The van der Waals surface area contributed by atoms with Crippen LogP contribution in [0.1, 0.15) is 34.3 Å². The van der Waals surface area contributed by atoms with Crippen LogP contribution in [0.3, 0.4) is 0 Å². The number of hydrogen-bond acceptors (Lipinski definition) is 4. The maximum absolute atomic E-state index is 12.6. The van der Waals surface area contributed by atoms with Gasteiger partial charge in [-0.3, -0.25) is 9.36 Å². The van der Waals surface area contributed by atoms with E-state index in [0.717, 1.165) is 60.1 Å². The normalized spacial score (nSPS) is 13.7. The summed E-state index contributed by atoms with van der Waals surface area (Å²) in [4.78, 5) is 23.9. The molecule has 0 bridgehead atoms. The summed E-state index contributed by atoms with van der Waals surface area (Å²) >= 11 is 1.70. The standard InChI is InChI=1S/C25H24N4OS/c30-24(28-15-4-5-16-28)21-12-10-20(11-13-21)18-31-25-27-22-9-6-14-26-23(22)29(25)17-19-7-2-1-3-8-19/h1-3,6-14H,4-5,15-18H2. The third-order valence-corrected chi connectivity index (χ3v) is 6.66. The van der Waals surface area contributed by atoms with E-state index in [2.05, 4.69) is 45.9 Å². The number of carbonyl (C=O) groups is 1. The molecule has 2 aromatic carbocycles. The summed E-state index contributed by atoms with van der Waals surface area (Å²) in [5.74, 6) is 0.934. The predicted molar refractivity (Wildman–Crippen MR) is 124 cm³/mol. The number of thioether (sulfide) groups is 1.